The van der Waals surface area contributed by atoms with E-state index in [0.717, 1.165) is 4.31 Å². The molecule has 10 heteroatoms. The average molecular weight is 423 g/mol. The molecule has 1 aliphatic heterocycles. The van der Waals surface area contributed by atoms with Gasteiger partial charge in [-0.15, -0.1) is 0 Å². The van der Waals surface area contributed by atoms with Crippen LogP contribution in [0, 0.1) is 0 Å². The van der Waals surface area contributed by atoms with E-state index in [1.54, 1.807) is 48.5 Å². The summed E-state index contributed by atoms with van der Waals surface area (Å²) in [6.45, 7) is -0.184. The molecule has 30 heavy (non-hydrogen) atoms. The minimum absolute atomic E-state index is 0.0685. The Kier molecular flexibility index (Phi) is 4.84. The van der Waals surface area contributed by atoms with Crippen molar-refractivity contribution in [1.82, 2.24) is 9.29 Å². The van der Waals surface area contributed by atoms with Gasteiger partial charge in [0.1, 0.15) is 4.90 Å². The first-order valence-electron chi connectivity index (χ1n) is 8.89. The van der Waals surface area contributed by atoms with E-state index in [1.165, 1.54) is 18.5 Å². The summed E-state index contributed by atoms with van der Waals surface area (Å²) in [5.41, 5.74) is 7.86. The number of carbonyl (C=O) groups is 2. The highest BCUT2D eigenvalue weighted by molar-refractivity contribution is 7.90. The molecule has 0 aliphatic carbocycles. The molecule has 4 N–H and O–H groups in total. The summed E-state index contributed by atoms with van der Waals surface area (Å²) in [7, 11) is -4.04. The number of carbonyl (C=O) groups excluding carboxylic acids is 2. The van der Waals surface area contributed by atoms with Crippen molar-refractivity contribution < 1.29 is 18.0 Å². The Morgan fingerprint density at radius 3 is 2.57 bits per heavy atom. The van der Waals surface area contributed by atoms with Gasteiger partial charge in [-0.3, -0.25) is 9.78 Å². The molecule has 1 aromatic heterocycles. The van der Waals surface area contributed by atoms with E-state index in [0.29, 0.717) is 22.5 Å². The Bertz CT molecular complexity index is 1240. The number of urea groups is 1. The minimum atomic E-state index is -4.04. The number of anilines is 3. The van der Waals surface area contributed by atoms with Crippen molar-refractivity contribution in [2.45, 2.75) is 11.4 Å². The zero-order chi connectivity index (χ0) is 21.3. The first-order valence-corrected chi connectivity index (χ1v) is 10.3. The minimum Gasteiger partial charge on any atom is -0.397 e. The lowest BCUT2D eigenvalue weighted by Gasteiger charge is -2.28. The maximum absolute atomic E-state index is 12.8. The molecule has 2 heterocycles. The third-order valence-corrected chi connectivity index (χ3v) is 6.33. The van der Waals surface area contributed by atoms with Crippen LogP contribution in [0.2, 0.25) is 0 Å². The smallest absolute Gasteiger partial charge is 0.336 e. The molecule has 3 aromatic rings. The quantitative estimate of drug-likeness (QED) is 0.552. The molecule has 4 rings (SSSR count). The molecule has 0 bridgehead atoms. The molecular weight excluding hydrogens is 406 g/mol. The number of hydrogen-bond acceptors (Lipinski definition) is 6. The summed E-state index contributed by atoms with van der Waals surface area (Å²) in [4.78, 5) is 28.5. The molecule has 3 amide bonds. The summed E-state index contributed by atoms with van der Waals surface area (Å²) < 4.78 is 26.3. The van der Waals surface area contributed by atoms with Crippen LogP contribution in [0.5, 0.6) is 0 Å². The number of rotatable bonds is 4. The van der Waals surface area contributed by atoms with Crippen molar-refractivity contribution in [3.05, 3.63) is 78.1 Å². The molecule has 0 unspecified atom stereocenters. The number of pyridine rings is 1. The molecule has 9 nitrogen and oxygen atoms in total. The monoisotopic (exact) mass is 423 g/mol. The molecule has 0 atom stereocenters. The molecule has 0 saturated carbocycles. The Morgan fingerprint density at radius 1 is 1.10 bits per heavy atom. The van der Waals surface area contributed by atoms with Crippen LogP contribution >= 0.6 is 0 Å². The van der Waals surface area contributed by atoms with E-state index in [-0.39, 0.29) is 23.0 Å². The fourth-order valence-electron chi connectivity index (χ4n) is 2.98. The number of benzene rings is 2. The third kappa shape index (κ3) is 3.55. The topological polar surface area (TPSA) is 134 Å². The molecule has 0 radical (unpaired) electrons. The average Bonchev–Trinajstić information content (AvgIpc) is 2.73. The number of fused-ring (bicyclic) bond motifs is 1. The maximum Gasteiger partial charge on any atom is 0.336 e. The second kappa shape index (κ2) is 7.48. The second-order valence-electron chi connectivity index (χ2n) is 6.55. The van der Waals surface area contributed by atoms with Gasteiger partial charge >= 0.3 is 6.03 Å². The molecule has 2 aromatic carbocycles. The molecule has 0 fully saturated rings. The van der Waals surface area contributed by atoms with Gasteiger partial charge in [0.2, 0.25) is 0 Å². The Hall–Kier alpha value is -3.92. The normalized spacial score (nSPS) is 14.5. The van der Waals surface area contributed by atoms with Gasteiger partial charge in [-0.2, -0.15) is 0 Å². The van der Waals surface area contributed by atoms with Crippen molar-refractivity contribution in [2.75, 3.05) is 16.4 Å². The third-order valence-electron chi connectivity index (χ3n) is 4.57. The highest BCUT2D eigenvalue weighted by Crippen LogP contribution is 2.30. The van der Waals surface area contributed by atoms with E-state index in [9.17, 15) is 18.0 Å². The number of nitrogens with zero attached hydrogens (tertiary/aromatic N) is 2. The zero-order valence-corrected chi connectivity index (χ0v) is 16.4. The summed E-state index contributed by atoms with van der Waals surface area (Å²) in [5.74, 6) is -0.359. The number of hydrogen-bond donors (Lipinski definition) is 3. The van der Waals surface area contributed by atoms with E-state index >= 15 is 0 Å². The highest BCUT2D eigenvalue weighted by atomic mass is 32.2. The summed E-state index contributed by atoms with van der Waals surface area (Å²) in [6.07, 6.45) is 2.59. The number of nitrogen functional groups attached to an aromatic ring is 1. The van der Waals surface area contributed by atoms with Gasteiger partial charge in [-0.05, 0) is 35.9 Å². The number of sulfonamides is 1. The van der Waals surface area contributed by atoms with Gasteiger partial charge in [0.05, 0.1) is 23.6 Å². The Morgan fingerprint density at radius 2 is 1.83 bits per heavy atom. The Labute approximate surface area is 172 Å². The summed E-state index contributed by atoms with van der Waals surface area (Å²) >= 11 is 0. The van der Waals surface area contributed by atoms with Gasteiger partial charge in [-0.25, -0.2) is 17.5 Å². The van der Waals surface area contributed by atoms with E-state index in [1.807, 2.05) is 0 Å². The van der Waals surface area contributed by atoms with Crippen LogP contribution in [0.3, 0.4) is 0 Å². The number of nitrogens with one attached hydrogen (secondary N) is 2. The van der Waals surface area contributed by atoms with Crippen LogP contribution in [-0.4, -0.2) is 29.6 Å². The number of nitrogens with two attached hydrogens (primary N) is 1. The first-order chi connectivity index (χ1) is 14.4. The van der Waals surface area contributed by atoms with Gasteiger partial charge in [0.15, 0.2) is 0 Å². The fraction of sp³-hybridized carbons (Fsp3) is 0.0500. The van der Waals surface area contributed by atoms with E-state index in [4.69, 9.17) is 5.73 Å². The van der Waals surface area contributed by atoms with Gasteiger partial charge < -0.3 is 16.4 Å². The van der Waals surface area contributed by atoms with Crippen LogP contribution in [0.4, 0.5) is 21.9 Å². The van der Waals surface area contributed by atoms with Gasteiger partial charge in [0.25, 0.3) is 15.9 Å². The molecule has 0 spiro atoms. The molecule has 1 aliphatic rings. The van der Waals surface area contributed by atoms with Crippen molar-refractivity contribution >= 4 is 39.0 Å². The van der Waals surface area contributed by atoms with Crippen molar-refractivity contribution in [2.24, 2.45) is 0 Å². The zero-order valence-electron chi connectivity index (χ0n) is 15.6. The lowest BCUT2D eigenvalue weighted by Crippen LogP contribution is -2.43. The van der Waals surface area contributed by atoms with Crippen molar-refractivity contribution in [3.8, 4) is 0 Å². The Balaban J connectivity index is 1.52. The molecular formula is C20H17N5O4S. The van der Waals surface area contributed by atoms with Crippen molar-refractivity contribution in [3.63, 3.8) is 0 Å². The van der Waals surface area contributed by atoms with Crippen LogP contribution in [0.25, 0.3) is 0 Å². The predicted molar refractivity (Wildman–Crippen MR) is 111 cm³/mol. The largest absolute Gasteiger partial charge is 0.397 e. The number of aromatic nitrogens is 1. The highest BCUT2D eigenvalue weighted by Gasteiger charge is 2.36. The van der Waals surface area contributed by atoms with Crippen LogP contribution in [-0.2, 0) is 16.6 Å². The van der Waals surface area contributed by atoms with Crippen LogP contribution in [0.15, 0.2) is 71.9 Å². The predicted octanol–water partition coefficient (Wildman–Crippen LogP) is 2.65. The molecule has 152 valence electrons. The lowest BCUT2D eigenvalue weighted by molar-refractivity contribution is 0.102. The summed E-state index contributed by atoms with van der Waals surface area (Å²) in [5, 5.41) is 5.26. The molecule has 0 saturated heterocycles. The summed E-state index contributed by atoms with van der Waals surface area (Å²) in [6, 6.07) is 13.8. The van der Waals surface area contributed by atoms with Gasteiger partial charge in [-0.1, -0.05) is 24.3 Å². The second-order valence-corrected chi connectivity index (χ2v) is 8.38. The van der Waals surface area contributed by atoms with E-state index in [2.05, 4.69) is 15.6 Å². The van der Waals surface area contributed by atoms with Crippen LogP contribution in [0.1, 0.15) is 15.9 Å². The SMILES string of the molecule is Nc1ccccc1NC(=O)c1ccc(CN2C(=O)Nc3ccncc3S2(=O)=O)cc1. The van der Waals surface area contributed by atoms with Crippen molar-refractivity contribution in [1.29, 1.82) is 0 Å². The lowest BCUT2D eigenvalue weighted by atomic mass is 10.1. The van der Waals surface area contributed by atoms with E-state index < -0.39 is 16.1 Å². The number of amides is 3. The van der Waals surface area contributed by atoms with Crippen LogP contribution < -0.4 is 16.4 Å². The maximum atomic E-state index is 12.8. The number of para-hydroxylation sites is 2. The fourth-order valence-corrected chi connectivity index (χ4v) is 4.40. The standard InChI is InChI=1S/C20H17N5O4S/c21-15-3-1-2-4-16(15)23-19(26)14-7-5-13(6-8-14)12-25-20(27)24-17-9-10-22-11-18(17)30(25,28)29/h1-11H,12,21H2,(H,23,26)(H,24,27). The van der Waals surface area contributed by atoms with Gasteiger partial charge in [0, 0.05) is 18.0 Å². The first kappa shape index (κ1) is 19.4.